The number of carbonyl (C=O) groups is 2. The average molecular weight is 633 g/mol. The fourth-order valence-electron chi connectivity index (χ4n) is 5.00. The van der Waals surface area contributed by atoms with E-state index in [1.54, 1.807) is 56.5 Å². The molecule has 0 aromatic heterocycles. The van der Waals surface area contributed by atoms with Crippen LogP contribution in [0.4, 0.5) is 5.69 Å². The molecule has 11 heteroatoms. The van der Waals surface area contributed by atoms with Crippen LogP contribution in [0.25, 0.3) is 0 Å². The van der Waals surface area contributed by atoms with Gasteiger partial charge in [0.2, 0.25) is 11.8 Å². The second-order valence-electron chi connectivity index (χ2n) is 10.3. The van der Waals surface area contributed by atoms with Crippen molar-refractivity contribution in [1.29, 1.82) is 0 Å². The Morgan fingerprint density at radius 2 is 1.64 bits per heavy atom. The van der Waals surface area contributed by atoms with Gasteiger partial charge in [-0.3, -0.25) is 13.9 Å². The molecule has 0 heterocycles. The van der Waals surface area contributed by atoms with Crippen LogP contribution >= 0.6 is 23.2 Å². The van der Waals surface area contributed by atoms with E-state index in [-0.39, 0.29) is 34.1 Å². The molecule has 224 valence electrons. The lowest BCUT2D eigenvalue weighted by Gasteiger charge is -2.33. The predicted octanol–water partition coefficient (Wildman–Crippen LogP) is 6.06. The third kappa shape index (κ3) is 7.76. The summed E-state index contributed by atoms with van der Waals surface area (Å²) < 4.78 is 34.0. The standard InChI is InChI=1S/C31H35Cl2N3O5S/c1-22(31(38)34-25-9-5-3-6-10-25)35(20-23-13-16-26(41-2)17-14-23)30(37)21-36(29-18-15-24(32)19-28(29)33)42(39,40)27-11-7-4-8-12-27/h4,7-8,11-19,22,25H,3,5-6,9-10,20-21H2,1-2H3,(H,34,38)/t22-/m0/s1. The summed E-state index contributed by atoms with van der Waals surface area (Å²) in [5.74, 6) is -0.203. The van der Waals surface area contributed by atoms with Crippen LogP contribution in [0, 0.1) is 0 Å². The summed E-state index contributed by atoms with van der Waals surface area (Å²) >= 11 is 12.6. The Balaban J connectivity index is 1.69. The maximum atomic E-state index is 14.1. The molecule has 0 saturated heterocycles. The van der Waals surface area contributed by atoms with E-state index in [2.05, 4.69) is 5.32 Å². The molecule has 4 rings (SSSR count). The number of anilines is 1. The van der Waals surface area contributed by atoms with Crippen molar-refractivity contribution in [1.82, 2.24) is 10.2 Å². The number of sulfonamides is 1. The third-order valence-corrected chi connectivity index (χ3v) is 9.73. The fraction of sp³-hybridized carbons (Fsp3) is 0.355. The largest absolute Gasteiger partial charge is 0.497 e. The Morgan fingerprint density at radius 1 is 0.976 bits per heavy atom. The lowest BCUT2D eigenvalue weighted by molar-refractivity contribution is -0.139. The Kier molecular flexibility index (Phi) is 10.8. The number of carbonyl (C=O) groups excluding carboxylic acids is 2. The summed E-state index contributed by atoms with van der Waals surface area (Å²) in [4.78, 5) is 28.9. The Bertz CT molecular complexity index is 1480. The van der Waals surface area contributed by atoms with Crippen LogP contribution in [0.5, 0.6) is 5.75 Å². The molecule has 1 fully saturated rings. The predicted molar refractivity (Wildman–Crippen MR) is 165 cm³/mol. The van der Waals surface area contributed by atoms with Gasteiger partial charge in [-0.1, -0.05) is 72.8 Å². The number of nitrogens with zero attached hydrogens (tertiary/aromatic N) is 2. The molecule has 3 aromatic rings. The molecule has 1 atom stereocenters. The van der Waals surface area contributed by atoms with E-state index < -0.39 is 28.5 Å². The quantitative estimate of drug-likeness (QED) is 0.277. The number of ether oxygens (including phenoxy) is 1. The molecular weight excluding hydrogens is 597 g/mol. The van der Waals surface area contributed by atoms with Gasteiger partial charge in [-0.2, -0.15) is 0 Å². The minimum Gasteiger partial charge on any atom is -0.497 e. The maximum absolute atomic E-state index is 14.1. The highest BCUT2D eigenvalue weighted by Gasteiger charge is 2.34. The highest BCUT2D eigenvalue weighted by molar-refractivity contribution is 7.92. The van der Waals surface area contributed by atoms with Crippen LogP contribution in [0.15, 0.2) is 77.7 Å². The van der Waals surface area contributed by atoms with Crippen LogP contribution < -0.4 is 14.4 Å². The molecular formula is C31H35Cl2N3O5S. The number of amides is 2. The first-order valence-corrected chi connectivity index (χ1v) is 16.1. The van der Waals surface area contributed by atoms with Gasteiger partial charge >= 0.3 is 0 Å². The van der Waals surface area contributed by atoms with Crippen LogP contribution in [0.3, 0.4) is 0 Å². The third-order valence-electron chi connectivity index (χ3n) is 7.42. The van der Waals surface area contributed by atoms with Gasteiger partial charge in [0.15, 0.2) is 0 Å². The molecule has 1 saturated carbocycles. The first-order valence-electron chi connectivity index (χ1n) is 13.9. The minimum atomic E-state index is -4.23. The number of benzene rings is 3. The summed E-state index contributed by atoms with van der Waals surface area (Å²) in [6, 6.07) is 18.5. The summed E-state index contributed by atoms with van der Waals surface area (Å²) in [5, 5.41) is 3.48. The molecule has 8 nitrogen and oxygen atoms in total. The van der Waals surface area contributed by atoms with E-state index in [1.807, 2.05) is 0 Å². The number of rotatable bonds is 11. The number of nitrogens with one attached hydrogen (secondary N) is 1. The van der Waals surface area contributed by atoms with Crippen molar-refractivity contribution in [2.75, 3.05) is 18.0 Å². The van der Waals surface area contributed by atoms with E-state index >= 15 is 0 Å². The van der Waals surface area contributed by atoms with Gasteiger partial charge in [0.05, 0.1) is 22.7 Å². The van der Waals surface area contributed by atoms with Crippen LogP contribution in [-0.4, -0.2) is 50.9 Å². The molecule has 3 aromatic carbocycles. The average Bonchev–Trinajstić information content (AvgIpc) is 2.99. The lowest BCUT2D eigenvalue weighted by atomic mass is 9.95. The summed E-state index contributed by atoms with van der Waals surface area (Å²) in [5.41, 5.74) is 0.852. The van der Waals surface area contributed by atoms with Crippen molar-refractivity contribution < 1.29 is 22.7 Å². The van der Waals surface area contributed by atoms with Gasteiger partial charge in [0, 0.05) is 17.6 Å². The fourth-order valence-corrected chi connectivity index (χ4v) is 7.01. The summed E-state index contributed by atoms with van der Waals surface area (Å²) in [6.07, 6.45) is 5.01. The normalized spacial score (nSPS) is 14.6. The van der Waals surface area contributed by atoms with E-state index in [4.69, 9.17) is 27.9 Å². The number of halogens is 2. The zero-order valence-corrected chi connectivity index (χ0v) is 26.0. The number of hydrogen-bond acceptors (Lipinski definition) is 5. The topological polar surface area (TPSA) is 96.0 Å². The molecule has 0 spiro atoms. The Morgan fingerprint density at radius 3 is 2.26 bits per heavy atom. The van der Waals surface area contributed by atoms with Crippen LogP contribution in [0.2, 0.25) is 10.0 Å². The smallest absolute Gasteiger partial charge is 0.264 e. The molecule has 1 aliphatic carbocycles. The second-order valence-corrected chi connectivity index (χ2v) is 13.0. The Labute approximate surface area is 257 Å². The van der Waals surface area contributed by atoms with Gasteiger partial charge in [-0.15, -0.1) is 0 Å². The van der Waals surface area contributed by atoms with E-state index in [0.29, 0.717) is 10.8 Å². The molecule has 2 amide bonds. The number of hydrogen-bond donors (Lipinski definition) is 1. The van der Waals surface area contributed by atoms with Gasteiger partial charge in [0.1, 0.15) is 18.3 Å². The maximum Gasteiger partial charge on any atom is 0.264 e. The second kappa shape index (κ2) is 14.3. The monoisotopic (exact) mass is 631 g/mol. The van der Waals surface area contributed by atoms with Crippen molar-refractivity contribution >= 4 is 50.7 Å². The summed E-state index contributed by atoms with van der Waals surface area (Å²) in [6.45, 7) is 1.15. The molecule has 42 heavy (non-hydrogen) atoms. The van der Waals surface area contributed by atoms with Crippen molar-refractivity contribution in [2.45, 2.75) is 62.6 Å². The van der Waals surface area contributed by atoms with E-state index in [1.165, 1.54) is 35.2 Å². The van der Waals surface area contributed by atoms with Crippen LogP contribution in [-0.2, 0) is 26.2 Å². The zero-order chi connectivity index (χ0) is 30.3. The molecule has 0 unspecified atom stereocenters. The molecule has 1 aliphatic rings. The SMILES string of the molecule is COc1ccc(CN(C(=O)CN(c2ccc(Cl)cc2Cl)S(=O)(=O)c2ccccc2)[C@@H](C)C(=O)NC2CCCCC2)cc1. The van der Waals surface area contributed by atoms with Crippen molar-refractivity contribution in [3.63, 3.8) is 0 Å². The van der Waals surface area contributed by atoms with Crippen molar-refractivity contribution in [2.24, 2.45) is 0 Å². The van der Waals surface area contributed by atoms with Gasteiger partial charge in [0.25, 0.3) is 10.0 Å². The first kappa shape index (κ1) is 31.7. The molecule has 0 aliphatic heterocycles. The minimum absolute atomic E-state index is 0.00592. The molecule has 0 radical (unpaired) electrons. The van der Waals surface area contributed by atoms with Crippen LogP contribution in [0.1, 0.15) is 44.6 Å². The van der Waals surface area contributed by atoms with Crippen molar-refractivity contribution in [3.8, 4) is 5.75 Å². The first-order chi connectivity index (χ1) is 20.1. The van der Waals surface area contributed by atoms with Crippen molar-refractivity contribution in [3.05, 3.63) is 88.4 Å². The van der Waals surface area contributed by atoms with Gasteiger partial charge in [-0.05, 0) is 67.8 Å². The summed E-state index contributed by atoms with van der Waals surface area (Å²) in [7, 11) is -2.67. The lowest BCUT2D eigenvalue weighted by Crippen LogP contribution is -2.53. The zero-order valence-electron chi connectivity index (χ0n) is 23.6. The van der Waals surface area contributed by atoms with Gasteiger partial charge < -0.3 is 15.0 Å². The van der Waals surface area contributed by atoms with E-state index in [0.717, 1.165) is 42.0 Å². The Hall–Kier alpha value is -3.27. The molecule has 1 N–H and O–H groups in total. The number of methoxy groups -OCH3 is 1. The van der Waals surface area contributed by atoms with Gasteiger partial charge in [-0.25, -0.2) is 8.42 Å². The van der Waals surface area contributed by atoms with E-state index in [9.17, 15) is 18.0 Å². The highest BCUT2D eigenvalue weighted by atomic mass is 35.5. The highest BCUT2D eigenvalue weighted by Crippen LogP contribution is 2.33. The molecule has 0 bridgehead atoms.